The second kappa shape index (κ2) is 11.1. The fraction of sp³-hybridized carbons (Fsp3) is 0.200. The van der Waals surface area contributed by atoms with Crippen molar-refractivity contribution in [1.82, 2.24) is 19.4 Å². The molecule has 0 bridgehead atoms. The molecule has 2 aromatic heterocycles. The van der Waals surface area contributed by atoms with Gasteiger partial charge in [-0.3, -0.25) is 14.6 Å². The van der Waals surface area contributed by atoms with Crippen molar-refractivity contribution in [3.05, 3.63) is 120 Å². The number of carbonyl (C=O) groups excluding carboxylic acids is 2. The summed E-state index contributed by atoms with van der Waals surface area (Å²) in [6, 6.07) is 17.8. The minimum absolute atomic E-state index is 0.0547. The van der Waals surface area contributed by atoms with E-state index in [9.17, 15) is 14.7 Å². The molecule has 8 nitrogen and oxygen atoms in total. The van der Waals surface area contributed by atoms with Crippen molar-refractivity contribution < 1.29 is 19.4 Å². The summed E-state index contributed by atoms with van der Waals surface area (Å²) in [6.07, 6.45) is 9.12. The predicted molar refractivity (Wildman–Crippen MR) is 142 cm³/mol. The topological polar surface area (TPSA) is 97.6 Å². The van der Waals surface area contributed by atoms with E-state index in [2.05, 4.69) is 16.0 Å². The number of aliphatic hydroxyl groups excluding tert-OH is 1. The maximum absolute atomic E-state index is 13.2. The lowest BCUT2D eigenvalue weighted by molar-refractivity contribution is -0.139. The van der Waals surface area contributed by atoms with Gasteiger partial charge in [-0.25, -0.2) is 4.98 Å². The van der Waals surface area contributed by atoms with Crippen LogP contribution in [-0.2, 0) is 22.7 Å². The standard InChI is InChI=1S/C30H28N4O4/c1-21-5-2-6-22(17-21)19-38-25-10-8-23(9-11-25)28(35)26-27(24-7-3-12-31-18-24)34(30(37)29(26)36)15-4-14-33-16-13-32-20-33/h2-3,5-13,16-18,20,27,35H,4,14-15,19H2,1H3. The van der Waals surface area contributed by atoms with E-state index < -0.39 is 17.7 Å². The zero-order valence-corrected chi connectivity index (χ0v) is 21.0. The van der Waals surface area contributed by atoms with E-state index in [1.807, 2.05) is 42.0 Å². The van der Waals surface area contributed by atoms with Gasteiger partial charge in [-0.1, -0.05) is 35.9 Å². The molecule has 192 valence electrons. The fourth-order valence-corrected chi connectivity index (χ4v) is 4.67. The zero-order valence-electron chi connectivity index (χ0n) is 21.0. The van der Waals surface area contributed by atoms with Crippen molar-refractivity contribution in [3.8, 4) is 5.75 Å². The monoisotopic (exact) mass is 508 g/mol. The van der Waals surface area contributed by atoms with Gasteiger partial charge < -0.3 is 19.3 Å². The molecule has 2 aromatic carbocycles. The van der Waals surface area contributed by atoms with Gasteiger partial charge in [-0.2, -0.15) is 0 Å². The number of carbonyl (C=O) groups is 2. The highest BCUT2D eigenvalue weighted by atomic mass is 16.5. The molecular formula is C30H28N4O4. The van der Waals surface area contributed by atoms with Crippen LogP contribution in [0.3, 0.4) is 0 Å². The van der Waals surface area contributed by atoms with Gasteiger partial charge in [0.15, 0.2) is 0 Å². The summed E-state index contributed by atoms with van der Waals surface area (Å²) >= 11 is 0. The molecule has 1 N–H and O–H groups in total. The Morgan fingerprint density at radius 2 is 1.84 bits per heavy atom. The summed E-state index contributed by atoms with van der Waals surface area (Å²) in [4.78, 5) is 36.0. The van der Waals surface area contributed by atoms with Crippen LogP contribution in [0.1, 0.15) is 34.7 Å². The number of rotatable bonds is 9. The normalized spacial score (nSPS) is 16.7. The number of aromatic nitrogens is 3. The number of hydrogen-bond donors (Lipinski definition) is 1. The number of hydrogen-bond acceptors (Lipinski definition) is 6. The van der Waals surface area contributed by atoms with Crippen LogP contribution in [0.25, 0.3) is 5.76 Å². The molecule has 3 heterocycles. The highest BCUT2D eigenvalue weighted by Gasteiger charge is 2.45. The van der Waals surface area contributed by atoms with Crippen molar-refractivity contribution in [2.24, 2.45) is 0 Å². The van der Waals surface area contributed by atoms with Gasteiger partial charge in [0.25, 0.3) is 11.7 Å². The molecule has 0 spiro atoms. The summed E-state index contributed by atoms with van der Waals surface area (Å²) in [5, 5.41) is 11.3. The van der Waals surface area contributed by atoms with E-state index in [4.69, 9.17) is 4.74 Å². The van der Waals surface area contributed by atoms with Gasteiger partial charge in [0, 0.05) is 43.4 Å². The Hall–Kier alpha value is -4.72. The van der Waals surface area contributed by atoms with Crippen LogP contribution in [0, 0.1) is 6.92 Å². The molecule has 1 amide bonds. The van der Waals surface area contributed by atoms with E-state index in [0.29, 0.717) is 43.0 Å². The van der Waals surface area contributed by atoms with Crippen LogP contribution in [0.15, 0.2) is 97.4 Å². The largest absolute Gasteiger partial charge is 0.507 e. The number of aryl methyl sites for hydroxylation is 2. The first-order chi connectivity index (χ1) is 18.5. The fourth-order valence-electron chi connectivity index (χ4n) is 4.67. The predicted octanol–water partition coefficient (Wildman–Crippen LogP) is 4.68. The van der Waals surface area contributed by atoms with Crippen LogP contribution in [0.4, 0.5) is 0 Å². The molecule has 8 heteroatoms. The minimum Gasteiger partial charge on any atom is -0.507 e. The van der Waals surface area contributed by atoms with Gasteiger partial charge in [0.05, 0.1) is 17.9 Å². The molecular weight excluding hydrogens is 480 g/mol. The van der Waals surface area contributed by atoms with Crippen LogP contribution in [0.5, 0.6) is 5.75 Å². The molecule has 1 saturated heterocycles. The zero-order chi connectivity index (χ0) is 26.5. The number of benzene rings is 2. The second-order valence-electron chi connectivity index (χ2n) is 9.24. The molecule has 0 saturated carbocycles. The third-order valence-electron chi connectivity index (χ3n) is 6.53. The minimum atomic E-state index is -0.733. The number of ether oxygens (including phenoxy) is 1. The van der Waals surface area contributed by atoms with Crippen LogP contribution in [-0.4, -0.2) is 42.8 Å². The molecule has 1 aliphatic rings. The van der Waals surface area contributed by atoms with Gasteiger partial charge >= 0.3 is 0 Å². The Balaban J connectivity index is 1.39. The number of amides is 1. The number of nitrogens with zero attached hydrogens (tertiary/aromatic N) is 4. The van der Waals surface area contributed by atoms with E-state index in [-0.39, 0.29) is 11.3 Å². The van der Waals surface area contributed by atoms with E-state index in [1.54, 1.807) is 55.2 Å². The molecule has 0 aliphatic carbocycles. The summed E-state index contributed by atoms with van der Waals surface area (Å²) in [5.41, 5.74) is 3.36. The van der Waals surface area contributed by atoms with Crippen LogP contribution < -0.4 is 4.74 Å². The number of aliphatic hydroxyl groups is 1. The molecule has 1 fully saturated rings. The first-order valence-electron chi connectivity index (χ1n) is 12.4. The Bertz CT molecular complexity index is 1450. The summed E-state index contributed by atoms with van der Waals surface area (Å²) < 4.78 is 7.80. The number of pyridine rings is 1. The number of ketones is 1. The van der Waals surface area contributed by atoms with Crippen molar-refractivity contribution in [3.63, 3.8) is 0 Å². The third kappa shape index (κ3) is 5.34. The first-order valence-corrected chi connectivity index (χ1v) is 12.4. The SMILES string of the molecule is Cc1cccc(COc2ccc(C(O)=C3C(=O)C(=O)N(CCCn4ccnc4)C3c3cccnc3)cc2)c1. The second-order valence-corrected chi connectivity index (χ2v) is 9.24. The van der Waals surface area contributed by atoms with Gasteiger partial charge in [0.1, 0.15) is 18.1 Å². The van der Waals surface area contributed by atoms with E-state index in [1.165, 1.54) is 4.90 Å². The van der Waals surface area contributed by atoms with Crippen molar-refractivity contribution in [1.29, 1.82) is 0 Å². The van der Waals surface area contributed by atoms with Gasteiger partial charge in [-0.15, -0.1) is 0 Å². The maximum Gasteiger partial charge on any atom is 0.295 e. The van der Waals surface area contributed by atoms with Crippen LogP contribution >= 0.6 is 0 Å². The third-order valence-corrected chi connectivity index (χ3v) is 6.53. The average Bonchev–Trinajstić information content (AvgIpc) is 3.55. The Labute approximate surface area is 220 Å². The number of Topliss-reactive ketones (excluding diaryl/α,β-unsaturated/α-hetero) is 1. The molecule has 5 rings (SSSR count). The average molecular weight is 509 g/mol. The Morgan fingerprint density at radius 3 is 2.55 bits per heavy atom. The van der Waals surface area contributed by atoms with Crippen molar-refractivity contribution >= 4 is 17.4 Å². The molecule has 1 atom stereocenters. The molecule has 4 aromatic rings. The van der Waals surface area contributed by atoms with Gasteiger partial charge in [-0.05, 0) is 54.8 Å². The Morgan fingerprint density at radius 1 is 1.00 bits per heavy atom. The molecule has 38 heavy (non-hydrogen) atoms. The molecule has 1 aliphatic heterocycles. The van der Waals surface area contributed by atoms with Crippen molar-refractivity contribution in [2.45, 2.75) is 32.5 Å². The highest BCUT2D eigenvalue weighted by molar-refractivity contribution is 6.46. The van der Waals surface area contributed by atoms with E-state index >= 15 is 0 Å². The van der Waals surface area contributed by atoms with Gasteiger partial charge in [0.2, 0.25) is 0 Å². The summed E-state index contributed by atoms with van der Waals surface area (Å²) in [5.74, 6) is -0.936. The first kappa shape index (κ1) is 25.0. The summed E-state index contributed by atoms with van der Waals surface area (Å²) in [7, 11) is 0. The van der Waals surface area contributed by atoms with E-state index in [0.717, 1.165) is 11.1 Å². The van der Waals surface area contributed by atoms with Crippen LogP contribution in [0.2, 0.25) is 0 Å². The molecule has 0 radical (unpaired) electrons. The summed E-state index contributed by atoms with van der Waals surface area (Å²) in [6.45, 7) is 3.43. The maximum atomic E-state index is 13.2. The smallest absolute Gasteiger partial charge is 0.295 e. The quantitative estimate of drug-likeness (QED) is 0.200. The molecule has 1 unspecified atom stereocenters. The lowest BCUT2D eigenvalue weighted by Gasteiger charge is -2.25. The lowest BCUT2D eigenvalue weighted by atomic mass is 9.96. The lowest BCUT2D eigenvalue weighted by Crippen LogP contribution is -2.31. The number of imidazole rings is 1. The highest BCUT2D eigenvalue weighted by Crippen LogP contribution is 2.39. The number of likely N-dealkylation sites (tertiary alicyclic amines) is 1. The van der Waals surface area contributed by atoms with Crippen molar-refractivity contribution in [2.75, 3.05) is 6.54 Å². The Kier molecular flexibility index (Phi) is 7.31.